The van der Waals surface area contributed by atoms with Gasteiger partial charge in [0.1, 0.15) is 6.61 Å². The summed E-state index contributed by atoms with van der Waals surface area (Å²) in [7, 11) is 0. The molecule has 0 fully saturated rings. The number of hydrogen-bond acceptors (Lipinski definition) is 3. The molecular formula is C26H29BrCl3NO2. The topological polar surface area (TPSA) is 30.5 Å². The molecule has 1 unspecified atom stereocenters. The van der Waals surface area contributed by atoms with Crippen LogP contribution in [0.5, 0.6) is 11.5 Å². The molecule has 3 aromatic rings. The molecule has 0 saturated heterocycles. The fraction of sp³-hybridized carbons (Fsp3) is 0.308. The molecule has 3 rings (SSSR count). The van der Waals surface area contributed by atoms with Crippen molar-refractivity contribution in [3.8, 4) is 11.5 Å². The second kappa shape index (κ2) is 14.1. The van der Waals surface area contributed by atoms with E-state index in [1.54, 1.807) is 12.1 Å². The monoisotopic (exact) mass is 571 g/mol. The van der Waals surface area contributed by atoms with Crippen molar-refractivity contribution in [1.29, 1.82) is 0 Å². The van der Waals surface area contributed by atoms with Crippen LogP contribution in [-0.2, 0) is 19.6 Å². The maximum atomic E-state index is 6.28. The zero-order valence-corrected chi connectivity index (χ0v) is 22.7. The third kappa shape index (κ3) is 8.70. The molecule has 7 heteroatoms. The van der Waals surface area contributed by atoms with Crippen LogP contribution >= 0.6 is 51.5 Å². The van der Waals surface area contributed by atoms with Gasteiger partial charge in [-0.2, -0.15) is 0 Å². The molecule has 0 radical (unpaired) electrons. The highest BCUT2D eigenvalue weighted by atomic mass is 79.9. The third-order valence-corrected chi connectivity index (χ3v) is 6.30. The van der Waals surface area contributed by atoms with Gasteiger partial charge in [-0.05, 0) is 78.0 Å². The third-order valence-electron chi connectivity index (χ3n) is 5.12. The van der Waals surface area contributed by atoms with Crippen LogP contribution in [-0.4, -0.2) is 12.6 Å². The number of aryl methyl sites for hydroxylation is 1. The van der Waals surface area contributed by atoms with E-state index in [9.17, 15) is 0 Å². The number of benzene rings is 3. The van der Waals surface area contributed by atoms with Gasteiger partial charge in [0.05, 0.1) is 11.1 Å². The van der Waals surface area contributed by atoms with Gasteiger partial charge in [-0.15, -0.1) is 12.4 Å². The van der Waals surface area contributed by atoms with E-state index < -0.39 is 0 Å². The Morgan fingerprint density at radius 2 is 1.73 bits per heavy atom. The van der Waals surface area contributed by atoms with Crippen LogP contribution in [0.1, 0.15) is 37.0 Å². The fourth-order valence-corrected chi connectivity index (χ4v) is 4.40. The molecule has 0 bridgehead atoms. The molecule has 0 aliphatic carbocycles. The normalized spacial score (nSPS) is 11.5. The first-order chi connectivity index (χ1) is 15.5. The zero-order valence-electron chi connectivity index (χ0n) is 18.7. The second-order valence-corrected chi connectivity index (χ2v) is 9.37. The van der Waals surface area contributed by atoms with E-state index in [2.05, 4.69) is 64.6 Å². The van der Waals surface area contributed by atoms with E-state index in [0.717, 1.165) is 35.0 Å². The number of hydrogen-bond donors (Lipinski definition) is 1. The maximum Gasteiger partial charge on any atom is 0.175 e. The summed E-state index contributed by atoms with van der Waals surface area (Å²) in [4.78, 5) is 0. The van der Waals surface area contributed by atoms with Crippen molar-refractivity contribution < 1.29 is 9.47 Å². The van der Waals surface area contributed by atoms with Gasteiger partial charge in [-0.1, -0.05) is 59.6 Å². The fourth-order valence-electron chi connectivity index (χ4n) is 3.34. The van der Waals surface area contributed by atoms with E-state index in [4.69, 9.17) is 32.7 Å². The number of nitrogens with one attached hydrogen (secondary N) is 1. The van der Waals surface area contributed by atoms with E-state index in [-0.39, 0.29) is 12.4 Å². The van der Waals surface area contributed by atoms with Crippen LogP contribution in [0.3, 0.4) is 0 Å². The van der Waals surface area contributed by atoms with Crippen molar-refractivity contribution in [1.82, 2.24) is 5.32 Å². The van der Waals surface area contributed by atoms with Crippen LogP contribution in [0, 0.1) is 0 Å². The van der Waals surface area contributed by atoms with Crippen molar-refractivity contribution in [2.75, 3.05) is 6.61 Å². The maximum absolute atomic E-state index is 6.28. The van der Waals surface area contributed by atoms with Gasteiger partial charge >= 0.3 is 0 Å². The lowest BCUT2D eigenvalue weighted by Gasteiger charge is -2.18. The van der Waals surface area contributed by atoms with Crippen molar-refractivity contribution in [3.05, 3.63) is 91.9 Å². The number of halogens is 4. The summed E-state index contributed by atoms with van der Waals surface area (Å²) in [6.45, 7) is 5.80. The Hall–Kier alpha value is -1.43. The van der Waals surface area contributed by atoms with Crippen LogP contribution in [0.15, 0.2) is 65.1 Å². The van der Waals surface area contributed by atoms with Gasteiger partial charge in [-0.25, -0.2) is 0 Å². The molecule has 1 atom stereocenters. The first-order valence-electron chi connectivity index (χ1n) is 10.8. The Morgan fingerprint density at radius 3 is 2.42 bits per heavy atom. The minimum Gasteiger partial charge on any atom is -0.490 e. The molecule has 178 valence electrons. The first kappa shape index (κ1) is 27.8. The molecule has 0 aliphatic rings. The number of rotatable bonds is 11. The predicted octanol–water partition coefficient (Wildman–Crippen LogP) is 8.27. The molecular weight excluding hydrogens is 545 g/mol. The minimum atomic E-state index is 0. The molecule has 0 aliphatic heterocycles. The predicted molar refractivity (Wildman–Crippen MR) is 144 cm³/mol. The Balaban J connectivity index is 0.00000385. The van der Waals surface area contributed by atoms with Crippen LogP contribution in [0.25, 0.3) is 0 Å². The van der Waals surface area contributed by atoms with Gasteiger partial charge < -0.3 is 14.8 Å². The lowest BCUT2D eigenvalue weighted by atomic mass is 10.1. The van der Waals surface area contributed by atoms with Crippen LogP contribution in [0.2, 0.25) is 10.0 Å². The van der Waals surface area contributed by atoms with Gasteiger partial charge in [-0.3, -0.25) is 0 Å². The summed E-state index contributed by atoms with van der Waals surface area (Å²) < 4.78 is 12.8. The SMILES string of the molecule is CCOc1cc(CNC(C)CCc2ccccc2)cc(Br)c1OCc1ccc(Cl)cc1Cl.Cl. The molecule has 0 aromatic heterocycles. The Morgan fingerprint density at radius 1 is 0.970 bits per heavy atom. The van der Waals surface area contributed by atoms with Crippen molar-refractivity contribution in [2.24, 2.45) is 0 Å². The summed E-state index contributed by atoms with van der Waals surface area (Å²) in [5.74, 6) is 1.37. The van der Waals surface area contributed by atoms with E-state index >= 15 is 0 Å². The lowest BCUT2D eigenvalue weighted by molar-refractivity contribution is 0.267. The molecule has 1 N–H and O–H groups in total. The Bertz CT molecular complexity index is 1020. The smallest absolute Gasteiger partial charge is 0.175 e. The van der Waals surface area contributed by atoms with E-state index in [0.29, 0.717) is 40.8 Å². The average Bonchev–Trinajstić information content (AvgIpc) is 2.78. The summed E-state index contributed by atoms with van der Waals surface area (Å²) in [5, 5.41) is 4.79. The molecule has 3 nitrogen and oxygen atoms in total. The molecule has 0 heterocycles. The van der Waals surface area contributed by atoms with Gasteiger partial charge in [0.25, 0.3) is 0 Å². The van der Waals surface area contributed by atoms with Gasteiger partial charge in [0.15, 0.2) is 11.5 Å². The van der Waals surface area contributed by atoms with Crippen molar-refractivity contribution >= 4 is 51.5 Å². The summed E-state index contributed by atoms with van der Waals surface area (Å²) >= 11 is 15.9. The van der Waals surface area contributed by atoms with Gasteiger partial charge in [0.2, 0.25) is 0 Å². The summed E-state index contributed by atoms with van der Waals surface area (Å²) in [5.41, 5.74) is 3.36. The number of ether oxygens (including phenoxy) is 2. The molecule has 33 heavy (non-hydrogen) atoms. The van der Waals surface area contributed by atoms with Crippen LogP contribution < -0.4 is 14.8 Å². The van der Waals surface area contributed by atoms with Crippen molar-refractivity contribution in [3.63, 3.8) is 0 Å². The van der Waals surface area contributed by atoms with E-state index in [1.807, 2.05) is 19.1 Å². The first-order valence-corrected chi connectivity index (χ1v) is 12.3. The van der Waals surface area contributed by atoms with Gasteiger partial charge in [0, 0.05) is 28.2 Å². The Labute approximate surface area is 221 Å². The standard InChI is InChI=1S/C26H28BrCl2NO2.ClH/c1-3-31-25-14-20(16-30-18(2)9-10-19-7-5-4-6-8-19)13-23(27)26(25)32-17-21-11-12-22(28)15-24(21)29;/h4-8,11-15,18,30H,3,9-10,16-17H2,1-2H3;1H. The minimum absolute atomic E-state index is 0. The molecule has 0 spiro atoms. The highest BCUT2D eigenvalue weighted by Crippen LogP contribution is 2.38. The molecule has 0 saturated carbocycles. The zero-order chi connectivity index (χ0) is 22.9. The highest BCUT2D eigenvalue weighted by molar-refractivity contribution is 9.10. The largest absolute Gasteiger partial charge is 0.490 e. The summed E-state index contributed by atoms with van der Waals surface area (Å²) in [6, 6.07) is 20.5. The highest BCUT2D eigenvalue weighted by Gasteiger charge is 2.14. The van der Waals surface area contributed by atoms with E-state index in [1.165, 1.54) is 5.56 Å². The van der Waals surface area contributed by atoms with Crippen molar-refractivity contribution in [2.45, 2.75) is 45.9 Å². The summed E-state index contributed by atoms with van der Waals surface area (Å²) in [6.07, 6.45) is 2.13. The van der Waals surface area contributed by atoms with Crippen LogP contribution in [0.4, 0.5) is 0 Å². The molecule has 0 amide bonds. The second-order valence-electron chi connectivity index (χ2n) is 7.67. The average molecular weight is 574 g/mol. The Kier molecular flexibility index (Phi) is 11.9. The molecule has 3 aromatic carbocycles. The lowest BCUT2D eigenvalue weighted by Crippen LogP contribution is -2.26. The quantitative estimate of drug-likeness (QED) is 0.250.